The van der Waals surface area contributed by atoms with Gasteiger partial charge in [-0.2, -0.15) is 5.10 Å². The number of rotatable bonds is 3. The van der Waals surface area contributed by atoms with E-state index in [1.165, 1.54) is 16.8 Å². The van der Waals surface area contributed by atoms with Crippen molar-refractivity contribution in [3.63, 3.8) is 0 Å². The Balaban J connectivity index is 2.52. The van der Waals surface area contributed by atoms with Gasteiger partial charge >= 0.3 is 0 Å². The molecule has 0 bridgehead atoms. The third kappa shape index (κ3) is 2.34. The molecular weight excluding hydrogens is 283 g/mol. The fourth-order valence-electron chi connectivity index (χ4n) is 1.98. The predicted molar refractivity (Wildman–Crippen MR) is 74.3 cm³/mol. The summed E-state index contributed by atoms with van der Waals surface area (Å²) in [5, 5.41) is 4.04. The second-order valence-electron chi connectivity index (χ2n) is 4.43. The Morgan fingerprint density at radius 3 is 2.50 bits per heavy atom. The van der Waals surface area contributed by atoms with Gasteiger partial charge < -0.3 is 5.73 Å². The van der Waals surface area contributed by atoms with Crippen LogP contribution in [0.2, 0.25) is 0 Å². The smallest absolute Gasteiger partial charge is 0.265 e. The molecule has 2 rings (SSSR count). The summed E-state index contributed by atoms with van der Waals surface area (Å²) in [6.07, 6.45) is 0. The molecule has 0 unspecified atom stereocenters. The van der Waals surface area contributed by atoms with Crippen molar-refractivity contribution in [3.05, 3.63) is 35.4 Å². The van der Waals surface area contributed by atoms with Gasteiger partial charge in [0.15, 0.2) is 0 Å². The molecule has 0 aliphatic carbocycles. The predicted octanol–water partition coefficient (Wildman–Crippen LogP) is 1.56. The summed E-state index contributed by atoms with van der Waals surface area (Å²) >= 11 is 0. The summed E-state index contributed by atoms with van der Waals surface area (Å²) in [5.74, 6) is -0.729. The van der Waals surface area contributed by atoms with Gasteiger partial charge in [-0.1, -0.05) is 6.07 Å². The zero-order valence-corrected chi connectivity index (χ0v) is 12.1. The number of nitrogens with two attached hydrogens (primary N) is 1. The quantitative estimate of drug-likeness (QED) is 0.841. The molecule has 8 heteroatoms. The van der Waals surface area contributed by atoms with E-state index >= 15 is 0 Å². The number of nitrogens with zero attached hydrogens (tertiary/aromatic N) is 2. The van der Waals surface area contributed by atoms with Gasteiger partial charge in [0.2, 0.25) is 0 Å². The van der Waals surface area contributed by atoms with Crippen LogP contribution in [-0.4, -0.2) is 18.2 Å². The number of benzene rings is 1. The van der Waals surface area contributed by atoms with Crippen LogP contribution in [0.5, 0.6) is 0 Å². The molecule has 1 aromatic carbocycles. The van der Waals surface area contributed by atoms with E-state index < -0.39 is 15.8 Å². The monoisotopic (exact) mass is 298 g/mol. The fourth-order valence-corrected chi connectivity index (χ4v) is 3.51. The van der Waals surface area contributed by atoms with Crippen LogP contribution in [-0.2, 0) is 17.1 Å². The molecule has 0 amide bonds. The lowest BCUT2D eigenvalue weighted by Gasteiger charge is -2.11. The van der Waals surface area contributed by atoms with Crippen LogP contribution in [0, 0.1) is 19.7 Å². The number of nitrogens with one attached hydrogen (secondary N) is 1. The number of sulfonamides is 1. The number of hydrogen-bond donors (Lipinski definition) is 2. The number of aromatic nitrogens is 2. The van der Waals surface area contributed by atoms with Crippen LogP contribution in [0.15, 0.2) is 23.1 Å². The average molecular weight is 298 g/mol. The zero-order valence-electron chi connectivity index (χ0n) is 11.3. The van der Waals surface area contributed by atoms with Crippen LogP contribution < -0.4 is 10.5 Å². The summed E-state index contributed by atoms with van der Waals surface area (Å²) in [4.78, 5) is 0.0302. The van der Waals surface area contributed by atoms with Crippen molar-refractivity contribution in [1.82, 2.24) is 9.78 Å². The van der Waals surface area contributed by atoms with Crippen LogP contribution in [0.1, 0.15) is 11.4 Å². The Morgan fingerprint density at radius 2 is 2.00 bits per heavy atom. The van der Waals surface area contributed by atoms with Crippen LogP contribution in [0.4, 0.5) is 15.8 Å². The van der Waals surface area contributed by atoms with E-state index in [9.17, 15) is 12.8 Å². The lowest BCUT2D eigenvalue weighted by Crippen LogP contribution is -2.17. The highest BCUT2D eigenvalue weighted by molar-refractivity contribution is 7.92. The molecule has 0 saturated carbocycles. The highest BCUT2D eigenvalue weighted by atomic mass is 32.2. The van der Waals surface area contributed by atoms with Gasteiger partial charge in [-0.25, -0.2) is 12.8 Å². The largest absolute Gasteiger partial charge is 0.397 e. The number of aryl methyl sites for hydroxylation is 2. The summed E-state index contributed by atoms with van der Waals surface area (Å²) in [6, 6.07) is 3.96. The molecule has 1 aromatic heterocycles. The van der Waals surface area contributed by atoms with Gasteiger partial charge in [-0.05, 0) is 26.0 Å². The molecule has 0 fully saturated rings. The number of anilines is 2. The lowest BCUT2D eigenvalue weighted by molar-refractivity contribution is 0.597. The summed E-state index contributed by atoms with van der Waals surface area (Å²) in [7, 11) is -2.31. The molecule has 0 aliphatic rings. The lowest BCUT2D eigenvalue weighted by atomic mass is 10.3. The van der Waals surface area contributed by atoms with Gasteiger partial charge in [0.25, 0.3) is 10.0 Å². The molecule has 3 N–H and O–H groups in total. The summed E-state index contributed by atoms with van der Waals surface area (Å²) in [5.41, 5.74) is 6.17. The molecule has 0 aliphatic heterocycles. The zero-order chi connectivity index (χ0) is 15.1. The number of halogens is 1. The van der Waals surface area contributed by atoms with Crippen molar-refractivity contribution in [1.29, 1.82) is 0 Å². The standard InChI is InChI=1S/C12H15FN4O2S/c1-7-12(8(2)17(3)15-7)20(18,19)16-11-9(13)5-4-6-10(11)14/h4-6,16H,14H2,1-3H3. The van der Waals surface area contributed by atoms with Crippen molar-refractivity contribution < 1.29 is 12.8 Å². The molecule has 1 heterocycles. The highest BCUT2D eigenvalue weighted by Gasteiger charge is 2.25. The van der Waals surface area contributed by atoms with Crippen LogP contribution in [0.25, 0.3) is 0 Å². The maximum atomic E-state index is 13.7. The summed E-state index contributed by atoms with van der Waals surface area (Å²) < 4.78 is 42.1. The van der Waals surface area contributed by atoms with Crippen molar-refractivity contribution in [2.24, 2.45) is 7.05 Å². The van der Waals surface area contributed by atoms with Gasteiger partial charge in [0, 0.05) is 7.05 Å². The number of nitrogen functional groups attached to an aromatic ring is 1. The molecule has 0 spiro atoms. The van der Waals surface area contributed by atoms with Gasteiger partial charge in [-0.3, -0.25) is 9.40 Å². The Kier molecular flexibility index (Phi) is 3.43. The van der Waals surface area contributed by atoms with E-state index in [0.717, 1.165) is 6.07 Å². The minimum atomic E-state index is -3.95. The maximum Gasteiger partial charge on any atom is 0.265 e. The maximum absolute atomic E-state index is 13.7. The molecule has 0 atom stereocenters. The first-order valence-electron chi connectivity index (χ1n) is 5.81. The van der Waals surface area contributed by atoms with Gasteiger partial charge in [0.1, 0.15) is 16.4 Å². The molecule has 6 nitrogen and oxygen atoms in total. The van der Waals surface area contributed by atoms with Crippen LogP contribution in [0.3, 0.4) is 0 Å². The fraction of sp³-hybridized carbons (Fsp3) is 0.250. The number of hydrogen-bond acceptors (Lipinski definition) is 4. The topological polar surface area (TPSA) is 90.0 Å². The van der Waals surface area contributed by atoms with Crippen molar-refractivity contribution in [2.75, 3.05) is 10.5 Å². The first-order valence-corrected chi connectivity index (χ1v) is 7.29. The SMILES string of the molecule is Cc1nn(C)c(C)c1S(=O)(=O)Nc1c(N)cccc1F. The molecule has 0 radical (unpaired) electrons. The molecular formula is C12H15FN4O2S. The molecule has 0 saturated heterocycles. The van der Waals surface area contributed by atoms with E-state index in [-0.39, 0.29) is 16.3 Å². The average Bonchev–Trinajstić information content (AvgIpc) is 2.59. The summed E-state index contributed by atoms with van der Waals surface area (Å²) in [6.45, 7) is 3.20. The van der Waals surface area contributed by atoms with Gasteiger partial charge in [0.05, 0.1) is 17.1 Å². The van der Waals surface area contributed by atoms with Crippen LogP contribution >= 0.6 is 0 Å². The first kappa shape index (κ1) is 14.3. The van der Waals surface area contributed by atoms with Crippen molar-refractivity contribution in [2.45, 2.75) is 18.7 Å². The van der Waals surface area contributed by atoms with E-state index in [1.54, 1.807) is 20.9 Å². The van der Waals surface area contributed by atoms with Crippen molar-refractivity contribution in [3.8, 4) is 0 Å². The minimum absolute atomic E-state index is 0.0211. The Hall–Kier alpha value is -2.09. The molecule has 108 valence electrons. The highest BCUT2D eigenvalue weighted by Crippen LogP contribution is 2.27. The van der Waals surface area contributed by atoms with E-state index in [1.807, 2.05) is 0 Å². The first-order chi connectivity index (χ1) is 9.24. The van der Waals surface area contributed by atoms with Crippen molar-refractivity contribution >= 4 is 21.4 Å². The van der Waals surface area contributed by atoms with E-state index in [2.05, 4.69) is 9.82 Å². The Labute approximate surface area is 116 Å². The molecule has 20 heavy (non-hydrogen) atoms. The Bertz CT molecular complexity index is 748. The second kappa shape index (κ2) is 4.78. The third-order valence-electron chi connectivity index (χ3n) is 2.99. The second-order valence-corrected chi connectivity index (χ2v) is 6.05. The Morgan fingerprint density at radius 1 is 1.35 bits per heavy atom. The normalized spacial score (nSPS) is 11.6. The van der Waals surface area contributed by atoms with E-state index in [4.69, 9.17) is 5.73 Å². The third-order valence-corrected chi connectivity index (χ3v) is 4.59. The molecule has 2 aromatic rings. The number of para-hydroxylation sites is 1. The van der Waals surface area contributed by atoms with E-state index in [0.29, 0.717) is 11.4 Å². The van der Waals surface area contributed by atoms with Gasteiger partial charge in [-0.15, -0.1) is 0 Å². The minimum Gasteiger partial charge on any atom is -0.397 e.